The third-order valence-corrected chi connectivity index (χ3v) is 4.96. The van der Waals surface area contributed by atoms with Gasteiger partial charge in [-0.25, -0.2) is 0 Å². The molecule has 1 aliphatic rings. The number of carbonyl (C=O) groups excluding carboxylic acids is 1. The van der Waals surface area contributed by atoms with E-state index in [2.05, 4.69) is 0 Å². The van der Waals surface area contributed by atoms with Crippen LogP contribution in [-0.2, 0) is 6.61 Å². The Morgan fingerprint density at radius 1 is 0.952 bits per heavy atom. The van der Waals surface area contributed by atoms with Crippen molar-refractivity contribution >= 4 is 27.2 Å². The van der Waals surface area contributed by atoms with Crippen LogP contribution in [-0.4, -0.2) is 21.1 Å². The molecule has 0 radical (unpaired) electrons. The standard InChI is InChI=1S/C16H10O4S/c17-6-11-13-7-2-1-3-8(18)12(7)16(20)14-9(19)4-5-10(21-11)15(13)14/h1-5,17-19H,6H2. The summed E-state index contributed by atoms with van der Waals surface area (Å²) in [6, 6.07) is 8.08. The van der Waals surface area contributed by atoms with Crippen LogP contribution in [0.2, 0.25) is 0 Å². The summed E-state index contributed by atoms with van der Waals surface area (Å²) in [7, 11) is 0. The van der Waals surface area contributed by atoms with Gasteiger partial charge in [0.1, 0.15) is 11.5 Å². The first-order valence-electron chi connectivity index (χ1n) is 6.38. The van der Waals surface area contributed by atoms with E-state index in [0.717, 1.165) is 15.1 Å². The van der Waals surface area contributed by atoms with Crippen molar-refractivity contribution in [1.29, 1.82) is 0 Å². The fourth-order valence-electron chi connectivity index (χ4n) is 2.97. The molecule has 1 aliphatic carbocycles. The van der Waals surface area contributed by atoms with Gasteiger partial charge in [0, 0.05) is 20.5 Å². The van der Waals surface area contributed by atoms with Gasteiger partial charge in [-0.15, -0.1) is 11.3 Å². The lowest BCUT2D eigenvalue weighted by Crippen LogP contribution is -2.10. The van der Waals surface area contributed by atoms with Gasteiger partial charge < -0.3 is 15.3 Å². The van der Waals surface area contributed by atoms with E-state index in [9.17, 15) is 20.1 Å². The fraction of sp³-hybridized carbons (Fsp3) is 0.0625. The molecule has 0 aliphatic heterocycles. The first-order chi connectivity index (χ1) is 10.1. The fourth-order valence-corrected chi connectivity index (χ4v) is 4.05. The lowest BCUT2D eigenvalue weighted by molar-refractivity contribution is 0.103. The topological polar surface area (TPSA) is 77.8 Å². The van der Waals surface area contributed by atoms with Gasteiger partial charge in [0.05, 0.1) is 17.7 Å². The zero-order valence-electron chi connectivity index (χ0n) is 10.8. The molecular formula is C16H10O4S. The third-order valence-electron chi connectivity index (χ3n) is 3.82. The number of fused-ring (bicyclic) bond motifs is 2. The Balaban J connectivity index is 2.28. The monoisotopic (exact) mass is 298 g/mol. The number of aromatic hydroxyl groups is 2. The molecule has 3 aromatic rings. The summed E-state index contributed by atoms with van der Waals surface area (Å²) in [5.41, 5.74) is 1.72. The zero-order valence-corrected chi connectivity index (χ0v) is 11.6. The smallest absolute Gasteiger partial charge is 0.201 e. The van der Waals surface area contributed by atoms with E-state index in [-0.39, 0.29) is 35.0 Å². The predicted octanol–water partition coefficient (Wildman–Crippen LogP) is 3.02. The van der Waals surface area contributed by atoms with E-state index in [4.69, 9.17) is 0 Å². The molecule has 104 valence electrons. The Bertz CT molecular complexity index is 924. The van der Waals surface area contributed by atoms with Gasteiger partial charge >= 0.3 is 0 Å². The van der Waals surface area contributed by atoms with Crippen LogP contribution >= 0.6 is 11.3 Å². The van der Waals surface area contributed by atoms with E-state index >= 15 is 0 Å². The molecule has 0 saturated carbocycles. The number of rotatable bonds is 1. The number of hydrogen-bond acceptors (Lipinski definition) is 5. The van der Waals surface area contributed by atoms with Crippen molar-refractivity contribution in [2.24, 2.45) is 0 Å². The highest BCUT2D eigenvalue weighted by Crippen LogP contribution is 2.49. The summed E-state index contributed by atoms with van der Waals surface area (Å²) in [6.45, 7) is -0.155. The average Bonchev–Trinajstić information content (AvgIpc) is 2.84. The molecule has 2 aromatic carbocycles. The van der Waals surface area contributed by atoms with Gasteiger partial charge in [0.25, 0.3) is 0 Å². The van der Waals surface area contributed by atoms with Gasteiger partial charge in [-0.3, -0.25) is 4.79 Å². The highest BCUT2D eigenvalue weighted by Gasteiger charge is 2.32. The van der Waals surface area contributed by atoms with Gasteiger partial charge in [-0.2, -0.15) is 0 Å². The second-order valence-corrected chi connectivity index (χ2v) is 6.06. The van der Waals surface area contributed by atoms with Crippen LogP contribution in [0.3, 0.4) is 0 Å². The Labute approximate surface area is 123 Å². The second-order valence-electron chi connectivity index (χ2n) is 4.92. The van der Waals surface area contributed by atoms with Crippen molar-refractivity contribution < 1.29 is 20.1 Å². The molecule has 1 heterocycles. The molecule has 1 aromatic heterocycles. The normalized spacial score (nSPS) is 12.7. The van der Waals surface area contributed by atoms with Gasteiger partial charge in [-0.1, -0.05) is 12.1 Å². The van der Waals surface area contributed by atoms with Gasteiger partial charge in [-0.05, 0) is 23.8 Å². The number of phenolic OH excluding ortho intramolecular Hbond substituents is 2. The van der Waals surface area contributed by atoms with Crippen LogP contribution in [0.25, 0.3) is 21.2 Å². The zero-order chi connectivity index (χ0) is 14.7. The minimum absolute atomic E-state index is 0.107. The van der Waals surface area contributed by atoms with Crippen LogP contribution in [0.15, 0.2) is 30.3 Å². The second kappa shape index (κ2) is 4.07. The SMILES string of the molecule is O=C1c2c(O)cccc2-c2c(CO)sc3ccc(O)c1c23. The molecule has 3 N–H and O–H groups in total. The molecule has 4 rings (SSSR count). The van der Waals surface area contributed by atoms with Crippen LogP contribution in [0.5, 0.6) is 11.5 Å². The minimum Gasteiger partial charge on any atom is -0.507 e. The summed E-state index contributed by atoms with van der Waals surface area (Å²) in [4.78, 5) is 13.4. The minimum atomic E-state index is -0.388. The number of benzene rings is 2. The molecule has 0 unspecified atom stereocenters. The maximum absolute atomic E-state index is 12.7. The molecule has 21 heavy (non-hydrogen) atoms. The molecule has 5 heteroatoms. The number of aliphatic hydroxyl groups is 1. The number of hydrogen-bond donors (Lipinski definition) is 3. The number of aliphatic hydroxyl groups excluding tert-OH is 1. The summed E-state index contributed by atoms with van der Waals surface area (Å²) in [5.74, 6) is -0.611. The number of phenols is 2. The average molecular weight is 298 g/mol. The number of ketones is 1. The van der Waals surface area contributed by atoms with E-state index in [1.165, 1.54) is 23.5 Å². The highest BCUT2D eigenvalue weighted by molar-refractivity contribution is 7.19. The summed E-state index contributed by atoms with van der Waals surface area (Å²) < 4.78 is 0.837. The molecule has 4 nitrogen and oxygen atoms in total. The van der Waals surface area contributed by atoms with Crippen molar-refractivity contribution in [1.82, 2.24) is 0 Å². The Morgan fingerprint density at radius 2 is 1.71 bits per heavy atom. The third kappa shape index (κ3) is 1.44. The molecule has 0 atom stereocenters. The van der Waals surface area contributed by atoms with Crippen LogP contribution in [0, 0.1) is 0 Å². The first kappa shape index (κ1) is 12.4. The largest absolute Gasteiger partial charge is 0.507 e. The Kier molecular flexibility index (Phi) is 2.40. The highest BCUT2D eigenvalue weighted by atomic mass is 32.1. The quantitative estimate of drug-likeness (QED) is 0.505. The van der Waals surface area contributed by atoms with Crippen molar-refractivity contribution in [3.63, 3.8) is 0 Å². The van der Waals surface area contributed by atoms with E-state index in [0.29, 0.717) is 10.9 Å². The van der Waals surface area contributed by atoms with Crippen LogP contribution in [0.4, 0.5) is 0 Å². The summed E-state index contributed by atoms with van der Waals surface area (Å²) in [6.07, 6.45) is 0. The number of carbonyl (C=O) groups is 1. The molecule has 0 amide bonds. The van der Waals surface area contributed by atoms with Crippen molar-refractivity contribution in [2.75, 3.05) is 0 Å². The predicted molar refractivity (Wildman–Crippen MR) is 79.9 cm³/mol. The lowest BCUT2D eigenvalue weighted by Gasteiger charge is -2.18. The molecule has 0 fully saturated rings. The maximum Gasteiger partial charge on any atom is 0.201 e. The number of thiophene rings is 1. The Morgan fingerprint density at radius 3 is 2.48 bits per heavy atom. The van der Waals surface area contributed by atoms with Crippen LogP contribution in [0.1, 0.15) is 20.8 Å². The molecule has 0 saturated heterocycles. The van der Waals surface area contributed by atoms with E-state index in [1.807, 2.05) is 0 Å². The van der Waals surface area contributed by atoms with Gasteiger partial charge in [0.15, 0.2) is 0 Å². The van der Waals surface area contributed by atoms with E-state index < -0.39 is 0 Å². The molecule has 0 bridgehead atoms. The van der Waals surface area contributed by atoms with Gasteiger partial charge in [0.2, 0.25) is 5.78 Å². The Hall–Kier alpha value is -2.37. The summed E-state index contributed by atoms with van der Waals surface area (Å²) in [5, 5.41) is 30.4. The maximum atomic E-state index is 12.7. The van der Waals surface area contributed by atoms with Crippen LogP contribution < -0.4 is 0 Å². The first-order valence-corrected chi connectivity index (χ1v) is 7.20. The van der Waals surface area contributed by atoms with Crippen molar-refractivity contribution in [2.45, 2.75) is 6.61 Å². The van der Waals surface area contributed by atoms with Crippen molar-refractivity contribution in [3.8, 4) is 22.6 Å². The van der Waals surface area contributed by atoms with E-state index in [1.54, 1.807) is 18.2 Å². The molecule has 0 spiro atoms. The molecular weight excluding hydrogens is 288 g/mol. The lowest BCUT2D eigenvalue weighted by atomic mass is 9.84. The van der Waals surface area contributed by atoms with Crippen molar-refractivity contribution in [3.05, 3.63) is 46.3 Å². The summed E-state index contributed by atoms with van der Waals surface area (Å²) >= 11 is 1.39.